The first-order valence-electron chi connectivity index (χ1n) is 27.9. The second kappa shape index (κ2) is 15.5. The van der Waals surface area contributed by atoms with Gasteiger partial charge in [0.05, 0.1) is 34.4 Å². The van der Waals surface area contributed by atoms with Crippen molar-refractivity contribution in [1.82, 2.24) is 4.57 Å². The zero-order chi connectivity index (χ0) is 52.9. The lowest BCUT2D eigenvalue weighted by Gasteiger charge is -2.41. The molecule has 3 aliphatic carbocycles. The van der Waals surface area contributed by atoms with Gasteiger partial charge in [-0.3, -0.25) is 0 Å². The SMILES string of the molecule is [2H]c1c([2H])c2c3c(c([2H])c([2H])c(N(c4ccc5c(c4)C(c4ccccc4)(c4ccccc4)c4ccccc4-5)c4ccc5c6ccccc6n(-c6ccccc6)c5c4)c3c1[2H])C1(c3ccccc3-c3ccccc31)c1ccccc1-2. The van der Waals surface area contributed by atoms with Gasteiger partial charge in [0.15, 0.2) is 0 Å². The lowest BCUT2D eigenvalue weighted by Crippen LogP contribution is -2.32. The molecule has 344 valence electrons. The van der Waals surface area contributed by atoms with Gasteiger partial charge in [-0.1, -0.05) is 230 Å². The minimum Gasteiger partial charge on any atom is -0.310 e. The van der Waals surface area contributed by atoms with E-state index in [2.05, 4.69) is 222 Å². The summed E-state index contributed by atoms with van der Waals surface area (Å²) in [5, 5.41) is 3.05. The Morgan fingerprint density at radius 2 is 0.811 bits per heavy atom. The van der Waals surface area contributed by atoms with Crippen molar-refractivity contribution in [1.29, 1.82) is 0 Å². The van der Waals surface area contributed by atoms with Crippen LogP contribution >= 0.6 is 0 Å². The van der Waals surface area contributed by atoms with Gasteiger partial charge in [0.1, 0.15) is 0 Å². The van der Waals surface area contributed by atoms with Crippen molar-refractivity contribution in [3.05, 3.63) is 323 Å². The number of benzene rings is 12. The van der Waals surface area contributed by atoms with Crippen molar-refractivity contribution in [2.45, 2.75) is 10.8 Å². The summed E-state index contributed by atoms with van der Waals surface area (Å²) >= 11 is 0. The van der Waals surface area contributed by atoms with E-state index in [0.717, 1.165) is 99.9 Å². The molecule has 0 atom stereocenters. The van der Waals surface area contributed by atoms with E-state index in [0.29, 0.717) is 33.3 Å². The monoisotopic (exact) mass is 943 g/mol. The molecule has 0 N–H and O–H groups in total. The number of hydrogen-bond donors (Lipinski definition) is 0. The fourth-order valence-electron chi connectivity index (χ4n) is 13.6. The van der Waals surface area contributed by atoms with E-state index in [1.165, 1.54) is 0 Å². The summed E-state index contributed by atoms with van der Waals surface area (Å²) in [6.07, 6.45) is 0. The van der Waals surface area contributed by atoms with Crippen LogP contribution in [0.4, 0.5) is 17.1 Å². The highest BCUT2D eigenvalue weighted by Gasteiger charge is 2.51. The molecule has 2 nitrogen and oxygen atoms in total. The van der Waals surface area contributed by atoms with Gasteiger partial charge < -0.3 is 9.47 Å². The molecule has 0 saturated carbocycles. The minimum absolute atomic E-state index is 0.00208. The first-order valence-corrected chi connectivity index (χ1v) is 25.4. The maximum Gasteiger partial charge on any atom is 0.0725 e. The predicted molar refractivity (Wildman–Crippen MR) is 307 cm³/mol. The standard InChI is InChI=1S/C72H46N2/c1-4-21-47(22-5-1)71(48-23-6-2-7-24-48)61-34-15-10-29-54(61)56-41-39-50(45-66(56)71)73(51-40-42-58-57-31-14-19-38-67(57)74(69(58)46-51)49-25-8-3-9-26-49)68-44-43-65-70-59(32-20-33-60(68)70)55-30-13-18-37-64(55)72(65)62-35-16-11-27-52(62)53-28-12-17-36-63(53)72/h1-46H/i20D,32D,33D,43D,44D. The van der Waals surface area contributed by atoms with Gasteiger partial charge in [0, 0.05) is 33.2 Å². The second-order valence-electron chi connectivity index (χ2n) is 19.8. The average Bonchev–Trinajstić information content (AvgIpc) is 2.89. The van der Waals surface area contributed by atoms with E-state index < -0.39 is 10.8 Å². The number of hydrogen-bond acceptors (Lipinski definition) is 1. The van der Waals surface area contributed by atoms with Gasteiger partial charge >= 0.3 is 0 Å². The third kappa shape index (κ3) is 5.33. The van der Waals surface area contributed by atoms with Crippen LogP contribution in [0.25, 0.3) is 71.6 Å². The Morgan fingerprint density at radius 1 is 0.324 bits per heavy atom. The number of rotatable bonds is 6. The molecule has 0 aliphatic heterocycles. The van der Waals surface area contributed by atoms with Crippen LogP contribution in [0.15, 0.2) is 279 Å². The molecule has 12 aromatic carbocycles. The molecule has 1 spiro atoms. The van der Waals surface area contributed by atoms with Crippen molar-refractivity contribution in [3.63, 3.8) is 0 Å². The fraction of sp³-hybridized carbons (Fsp3) is 0.0278. The molecule has 0 bridgehead atoms. The fourth-order valence-corrected chi connectivity index (χ4v) is 13.6. The van der Waals surface area contributed by atoms with Crippen molar-refractivity contribution >= 4 is 49.6 Å². The summed E-state index contributed by atoms with van der Waals surface area (Å²) in [5.74, 6) is 0. The largest absolute Gasteiger partial charge is 0.310 e. The smallest absolute Gasteiger partial charge is 0.0725 e. The molecule has 1 heterocycles. The quantitative estimate of drug-likeness (QED) is 0.161. The molecule has 0 unspecified atom stereocenters. The van der Waals surface area contributed by atoms with Crippen molar-refractivity contribution < 1.29 is 6.85 Å². The van der Waals surface area contributed by atoms with Crippen LogP contribution in [0.5, 0.6) is 0 Å². The van der Waals surface area contributed by atoms with Gasteiger partial charge in [-0.05, 0) is 132 Å². The lowest BCUT2D eigenvalue weighted by atomic mass is 9.61. The third-order valence-corrected chi connectivity index (χ3v) is 16.4. The topological polar surface area (TPSA) is 8.17 Å². The summed E-state index contributed by atoms with van der Waals surface area (Å²) in [7, 11) is 0. The van der Waals surface area contributed by atoms with Crippen molar-refractivity contribution in [2.75, 3.05) is 4.90 Å². The van der Waals surface area contributed by atoms with Crippen LogP contribution < -0.4 is 4.90 Å². The zero-order valence-electron chi connectivity index (χ0n) is 45.1. The maximum atomic E-state index is 10.9. The Morgan fingerprint density at radius 3 is 1.45 bits per heavy atom. The average molecular weight is 944 g/mol. The predicted octanol–water partition coefficient (Wildman–Crippen LogP) is 18.1. The highest BCUT2D eigenvalue weighted by molar-refractivity contribution is 6.14. The number of fused-ring (bicyclic) bond motifs is 15. The molecule has 0 fully saturated rings. The van der Waals surface area contributed by atoms with Gasteiger partial charge in [-0.15, -0.1) is 0 Å². The number of para-hydroxylation sites is 2. The molecular weight excluding hydrogens is 893 g/mol. The van der Waals surface area contributed by atoms with Gasteiger partial charge in [-0.25, -0.2) is 0 Å². The van der Waals surface area contributed by atoms with E-state index in [-0.39, 0.29) is 30.2 Å². The maximum absolute atomic E-state index is 10.9. The lowest BCUT2D eigenvalue weighted by molar-refractivity contribution is 0.768. The summed E-state index contributed by atoms with van der Waals surface area (Å²) in [5.41, 5.74) is 16.3. The molecule has 0 saturated heterocycles. The Labute approximate surface area is 437 Å². The normalized spacial score (nSPS) is 14.8. The number of nitrogens with zero attached hydrogens (tertiary/aromatic N) is 2. The first kappa shape index (κ1) is 36.4. The van der Waals surface area contributed by atoms with Crippen LogP contribution in [-0.2, 0) is 10.8 Å². The minimum atomic E-state index is -1.09. The van der Waals surface area contributed by atoms with Crippen LogP contribution in [-0.4, -0.2) is 4.57 Å². The van der Waals surface area contributed by atoms with E-state index in [4.69, 9.17) is 0 Å². The Balaban J connectivity index is 1.08. The highest BCUT2D eigenvalue weighted by Crippen LogP contribution is 2.63. The first-order chi connectivity index (χ1) is 38.8. The molecule has 16 rings (SSSR count). The summed E-state index contributed by atoms with van der Waals surface area (Å²) in [4.78, 5) is 2.09. The van der Waals surface area contributed by atoms with E-state index in [1.807, 2.05) is 36.4 Å². The molecule has 1 aromatic heterocycles. The Bertz CT molecular complexity index is 4650. The van der Waals surface area contributed by atoms with E-state index in [1.54, 1.807) is 0 Å². The molecule has 0 amide bonds. The number of aromatic nitrogens is 1. The highest BCUT2D eigenvalue weighted by atomic mass is 15.1. The molecule has 3 aliphatic rings. The van der Waals surface area contributed by atoms with Crippen molar-refractivity contribution in [2.24, 2.45) is 0 Å². The molecular formula is C72H46N2. The molecule has 0 radical (unpaired) electrons. The summed E-state index contributed by atoms with van der Waals surface area (Å²) < 4.78 is 54.1. The molecule has 74 heavy (non-hydrogen) atoms. The molecule has 13 aromatic rings. The Kier molecular flexibility index (Phi) is 7.63. The van der Waals surface area contributed by atoms with Crippen LogP contribution in [0.1, 0.15) is 51.4 Å². The Hall–Kier alpha value is -9.50. The summed E-state index contributed by atoms with van der Waals surface area (Å²) in [6.45, 7) is 0. The van der Waals surface area contributed by atoms with Crippen LogP contribution in [0, 0.1) is 0 Å². The van der Waals surface area contributed by atoms with Crippen LogP contribution in [0.3, 0.4) is 0 Å². The van der Waals surface area contributed by atoms with Crippen LogP contribution in [0.2, 0.25) is 0 Å². The van der Waals surface area contributed by atoms with Gasteiger partial charge in [-0.2, -0.15) is 0 Å². The van der Waals surface area contributed by atoms with E-state index >= 15 is 0 Å². The van der Waals surface area contributed by atoms with Gasteiger partial charge in [0.25, 0.3) is 0 Å². The van der Waals surface area contributed by atoms with E-state index in [9.17, 15) is 6.85 Å². The zero-order valence-corrected chi connectivity index (χ0v) is 40.1. The third-order valence-electron chi connectivity index (χ3n) is 16.4. The second-order valence-corrected chi connectivity index (χ2v) is 19.8. The number of anilines is 3. The van der Waals surface area contributed by atoms with Crippen molar-refractivity contribution in [3.8, 4) is 39.1 Å². The van der Waals surface area contributed by atoms with Gasteiger partial charge in [0.2, 0.25) is 0 Å². The summed E-state index contributed by atoms with van der Waals surface area (Å²) in [6, 6.07) is 86.3. The molecule has 2 heteroatoms.